The van der Waals surface area contributed by atoms with E-state index in [0.717, 1.165) is 0 Å². The van der Waals surface area contributed by atoms with E-state index in [9.17, 15) is 15.0 Å². The minimum Gasteiger partial charge on any atom is -0.407 e. The topological polar surface area (TPSA) is 70.4 Å². The molecule has 0 fully saturated rings. The van der Waals surface area contributed by atoms with Gasteiger partial charge in [0.25, 0.3) is 0 Å². The second-order valence-corrected chi connectivity index (χ2v) is 4.59. The fourth-order valence-electron chi connectivity index (χ4n) is 1.04. The summed E-state index contributed by atoms with van der Waals surface area (Å²) in [6, 6.07) is 1.38. The SMILES string of the molecule is [B]C([B])(O)C([B])(O)C(=O)c1cc(C)c(Br)cn1. The standard InChI is InChI=1S/C9H7B3BrNO3/c1-4-2-6(14-3-5(4)13)7(15)8(10,16)9(11,12)17/h2-3,16-17H,1H3. The van der Waals surface area contributed by atoms with Crippen molar-refractivity contribution in [3.8, 4) is 0 Å². The number of nitrogens with zero attached hydrogens (tertiary/aromatic N) is 1. The molecule has 0 saturated carbocycles. The summed E-state index contributed by atoms with van der Waals surface area (Å²) >= 11 is 3.20. The van der Waals surface area contributed by atoms with Gasteiger partial charge in [-0.25, -0.2) is 0 Å². The van der Waals surface area contributed by atoms with E-state index in [0.29, 0.717) is 10.0 Å². The number of aliphatic hydroxyl groups is 2. The minimum atomic E-state index is -2.82. The maximum Gasteiger partial charge on any atom is 0.204 e. The molecule has 1 aromatic heterocycles. The first-order valence-corrected chi connectivity index (χ1v) is 5.35. The zero-order valence-electron chi connectivity index (χ0n) is 9.01. The van der Waals surface area contributed by atoms with E-state index in [-0.39, 0.29) is 5.69 Å². The van der Waals surface area contributed by atoms with Crippen LogP contribution in [0.5, 0.6) is 0 Å². The second kappa shape index (κ2) is 4.59. The summed E-state index contributed by atoms with van der Waals surface area (Å²) in [5.74, 6) is -1.07. The monoisotopic (exact) mass is 289 g/mol. The molecule has 0 aliphatic carbocycles. The number of carbonyl (C=O) groups is 1. The van der Waals surface area contributed by atoms with Crippen molar-refractivity contribution in [2.75, 3.05) is 0 Å². The highest BCUT2D eigenvalue weighted by molar-refractivity contribution is 9.10. The maximum atomic E-state index is 11.8. The summed E-state index contributed by atoms with van der Waals surface area (Å²) in [7, 11) is 15.3. The Bertz CT molecular complexity index is 459. The van der Waals surface area contributed by atoms with Gasteiger partial charge in [-0.05, 0) is 34.5 Å². The van der Waals surface area contributed by atoms with Gasteiger partial charge in [0.2, 0.25) is 5.78 Å². The van der Waals surface area contributed by atoms with Crippen molar-refractivity contribution in [2.45, 2.75) is 17.8 Å². The van der Waals surface area contributed by atoms with Gasteiger partial charge in [0.15, 0.2) is 0 Å². The lowest BCUT2D eigenvalue weighted by Crippen LogP contribution is -2.61. The van der Waals surface area contributed by atoms with Gasteiger partial charge < -0.3 is 10.2 Å². The average molecular weight is 289 g/mol. The summed E-state index contributed by atoms with van der Waals surface area (Å²) in [4.78, 5) is 15.6. The van der Waals surface area contributed by atoms with E-state index >= 15 is 0 Å². The quantitative estimate of drug-likeness (QED) is 0.563. The number of ketones is 1. The summed E-state index contributed by atoms with van der Waals surface area (Å²) in [5, 5.41) is 16.1. The third-order valence-electron chi connectivity index (χ3n) is 2.24. The Morgan fingerprint density at radius 3 is 2.35 bits per heavy atom. The zero-order chi connectivity index (χ0) is 13.4. The molecule has 1 atom stereocenters. The van der Waals surface area contributed by atoms with Crippen LogP contribution in [0.2, 0.25) is 0 Å². The van der Waals surface area contributed by atoms with E-state index in [2.05, 4.69) is 20.9 Å². The summed E-state index contributed by atoms with van der Waals surface area (Å²) < 4.78 is 0.686. The fourth-order valence-corrected chi connectivity index (χ4v) is 1.26. The number of Topliss-reactive ketones (excluding diaryl/α,β-unsaturated/α-hetero) is 1. The largest absolute Gasteiger partial charge is 0.407 e. The fraction of sp³-hybridized carbons (Fsp3) is 0.333. The van der Waals surface area contributed by atoms with Crippen LogP contribution in [0.3, 0.4) is 0 Å². The van der Waals surface area contributed by atoms with Crippen molar-refractivity contribution in [3.05, 3.63) is 28.0 Å². The Balaban J connectivity index is 3.17. The number of hydrogen-bond acceptors (Lipinski definition) is 4. The van der Waals surface area contributed by atoms with Crippen molar-refractivity contribution in [2.24, 2.45) is 0 Å². The Morgan fingerprint density at radius 2 is 1.94 bits per heavy atom. The van der Waals surface area contributed by atoms with Gasteiger partial charge in [0, 0.05) is 16.1 Å². The lowest BCUT2D eigenvalue weighted by Gasteiger charge is -2.35. The first-order valence-electron chi connectivity index (χ1n) is 4.55. The van der Waals surface area contributed by atoms with Crippen LogP contribution >= 0.6 is 15.9 Å². The maximum absolute atomic E-state index is 11.8. The Kier molecular flexibility index (Phi) is 3.91. The van der Waals surface area contributed by atoms with Crippen LogP contribution in [0, 0.1) is 6.92 Å². The summed E-state index contributed by atoms with van der Waals surface area (Å²) in [6.45, 7) is 1.72. The lowest BCUT2D eigenvalue weighted by atomic mass is 9.48. The van der Waals surface area contributed by atoms with Crippen LogP contribution in [0.25, 0.3) is 0 Å². The lowest BCUT2D eigenvalue weighted by molar-refractivity contribution is 0.0117. The van der Waals surface area contributed by atoms with Crippen LogP contribution in [-0.2, 0) is 0 Å². The van der Waals surface area contributed by atoms with Crippen LogP contribution in [0.15, 0.2) is 16.7 Å². The highest BCUT2D eigenvalue weighted by atomic mass is 79.9. The van der Waals surface area contributed by atoms with Crippen molar-refractivity contribution in [1.82, 2.24) is 4.98 Å². The van der Waals surface area contributed by atoms with Crippen molar-refractivity contribution in [3.63, 3.8) is 0 Å². The Hall–Kier alpha value is -0.585. The Morgan fingerprint density at radius 1 is 1.41 bits per heavy atom. The first kappa shape index (κ1) is 14.5. The molecule has 4 nitrogen and oxygen atoms in total. The number of aromatic nitrogens is 1. The van der Waals surface area contributed by atoms with Crippen molar-refractivity contribution < 1.29 is 15.0 Å². The number of carbonyl (C=O) groups excluding carboxylic acids is 1. The molecule has 0 spiro atoms. The molecular formula is C9H7B3BrNO3. The molecule has 0 bridgehead atoms. The van der Waals surface area contributed by atoms with E-state index in [4.69, 9.17) is 23.5 Å². The molecule has 1 rings (SSSR count). The van der Waals surface area contributed by atoms with Gasteiger partial charge in [-0.3, -0.25) is 9.78 Å². The number of rotatable bonds is 3. The third kappa shape index (κ3) is 2.81. The number of aryl methyl sites for hydroxylation is 1. The highest BCUT2D eigenvalue weighted by Crippen LogP contribution is 2.21. The van der Waals surface area contributed by atoms with E-state index in [1.165, 1.54) is 12.3 Å². The van der Waals surface area contributed by atoms with Crippen molar-refractivity contribution >= 4 is 45.3 Å². The van der Waals surface area contributed by atoms with Gasteiger partial charge >= 0.3 is 0 Å². The second-order valence-electron chi connectivity index (χ2n) is 3.74. The first-order chi connectivity index (χ1) is 7.57. The van der Waals surface area contributed by atoms with Gasteiger partial charge in [0.05, 0.1) is 5.50 Å². The van der Waals surface area contributed by atoms with Crippen LogP contribution in [0.4, 0.5) is 0 Å². The summed E-state index contributed by atoms with van der Waals surface area (Å²) in [5.41, 5.74) is -2.26. The van der Waals surface area contributed by atoms with Crippen LogP contribution in [-0.4, -0.2) is 55.4 Å². The van der Waals surface area contributed by atoms with Crippen LogP contribution < -0.4 is 0 Å². The molecule has 1 heterocycles. The van der Waals surface area contributed by atoms with E-state index in [1.807, 2.05) is 0 Å². The number of hydrogen-bond donors (Lipinski definition) is 2. The van der Waals surface area contributed by atoms with Gasteiger partial charge in [0.1, 0.15) is 29.2 Å². The predicted octanol–water partition coefficient (Wildman–Crippen LogP) is -0.825. The Labute approximate surface area is 111 Å². The molecule has 0 aliphatic heterocycles. The molecule has 17 heavy (non-hydrogen) atoms. The molecule has 0 saturated heterocycles. The van der Waals surface area contributed by atoms with E-state index in [1.54, 1.807) is 6.92 Å². The molecule has 0 amide bonds. The molecule has 82 valence electrons. The molecule has 1 unspecified atom stereocenters. The molecule has 6 radical (unpaired) electrons. The minimum absolute atomic E-state index is 0.148. The molecular weight excluding hydrogens is 282 g/mol. The van der Waals surface area contributed by atoms with Crippen molar-refractivity contribution in [1.29, 1.82) is 0 Å². The third-order valence-corrected chi connectivity index (χ3v) is 3.07. The van der Waals surface area contributed by atoms with E-state index < -0.39 is 16.7 Å². The molecule has 2 N–H and O–H groups in total. The molecule has 8 heteroatoms. The molecule has 0 aromatic carbocycles. The normalized spacial score (nSPS) is 15.3. The van der Waals surface area contributed by atoms with Gasteiger partial charge in [-0.2, -0.15) is 0 Å². The van der Waals surface area contributed by atoms with Gasteiger partial charge in [-0.1, -0.05) is 0 Å². The van der Waals surface area contributed by atoms with Crippen LogP contribution in [0.1, 0.15) is 16.1 Å². The number of halogens is 1. The average Bonchev–Trinajstić information content (AvgIpc) is 2.19. The number of pyridine rings is 1. The predicted molar refractivity (Wildman–Crippen MR) is 68.2 cm³/mol. The highest BCUT2D eigenvalue weighted by Gasteiger charge is 2.43. The zero-order valence-corrected chi connectivity index (χ0v) is 10.6. The summed E-state index contributed by atoms with van der Waals surface area (Å²) in [6.07, 6.45) is 1.37. The molecule has 0 aliphatic rings. The smallest absolute Gasteiger partial charge is 0.204 e. The molecule has 1 aromatic rings. The van der Waals surface area contributed by atoms with Gasteiger partial charge in [-0.15, -0.1) is 0 Å².